The number of hydrogen-bond acceptors (Lipinski definition) is 1. The molecule has 1 atom stereocenters. The van der Waals surface area contributed by atoms with E-state index in [0.717, 1.165) is 23.1 Å². The van der Waals surface area contributed by atoms with Gasteiger partial charge >= 0.3 is 6.18 Å². The van der Waals surface area contributed by atoms with Crippen LogP contribution in [0.5, 0.6) is 0 Å². The highest BCUT2D eigenvalue weighted by Gasteiger charge is 2.58. The normalized spacial score (nSPS) is 21.2. The zero-order valence-corrected chi connectivity index (χ0v) is 14.6. The topological polar surface area (TPSA) is 27.8 Å². The van der Waals surface area contributed by atoms with Crippen LogP contribution >= 0.6 is 0 Å². The van der Waals surface area contributed by atoms with Gasteiger partial charge in [0, 0.05) is 16.5 Å². The molecule has 1 aliphatic heterocycles. The second kappa shape index (κ2) is 6.16. The van der Waals surface area contributed by atoms with Crippen molar-refractivity contribution in [2.75, 3.05) is 6.54 Å². The molecule has 0 radical (unpaired) electrons. The fourth-order valence-corrected chi connectivity index (χ4v) is 4.02. The molecule has 5 heteroatoms. The van der Waals surface area contributed by atoms with E-state index in [4.69, 9.17) is 0 Å². The molecule has 136 valence electrons. The molecule has 1 aromatic heterocycles. The molecule has 0 aliphatic carbocycles. The molecule has 0 amide bonds. The molecule has 3 aromatic rings. The number of aromatic amines is 1. The van der Waals surface area contributed by atoms with Crippen LogP contribution < -0.4 is 5.32 Å². The zero-order valence-electron chi connectivity index (χ0n) is 14.6. The van der Waals surface area contributed by atoms with Crippen molar-refractivity contribution in [3.8, 4) is 11.3 Å². The highest BCUT2D eigenvalue weighted by molar-refractivity contribution is 5.92. The number of para-hydroxylation sites is 1. The lowest BCUT2D eigenvalue weighted by Gasteiger charge is -2.40. The van der Waals surface area contributed by atoms with E-state index < -0.39 is 11.7 Å². The Bertz CT molecular complexity index is 917. The Morgan fingerprint density at radius 2 is 1.69 bits per heavy atom. The van der Waals surface area contributed by atoms with E-state index in [1.807, 2.05) is 43.3 Å². The molecule has 2 nitrogen and oxygen atoms in total. The maximum absolute atomic E-state index is 14.4. The number of hydrogen-bond donors (Lipinski definition) is 2. The van der Waals surface area contributed by atoms with E-state index in [2.05, 4.69) is 10.3 Å². The summed E-state index contributed by atoms with van der Waals surface area (Å²) >= 11 is 0. The highest BCUT2D eigenvalue weighted by Crippen LogP contribution is 2.50. The molecule has 1 aliphatic rings. The van der Waals surface area contributed by atoms with Crippen LogP contribution in [-0.4, -0.2) is 17.7 Å². The van der Waals surface area contributed by atoms with Gasteiger partial charge in [-0.15, -0.1) is 0 Å². The number of nitrogens with one attached hydrogen (secondary N) is 2. The molecule has 0 bridgehead atoms. The molecule has 2 aromatic carbocycles. The van der Waals surface area contributed by atoms with Crippen LogP contribution in [0, 0.1) is 6.92 Å². The first-order chi connectivity index (χ1) is 12.4. The lowest BCUT2D eigenvalue weighted by Crippen LogP contribution is -2.56. The fourth-order valence-electron chi connectivity index (χ4n) is 4.02. The summed E-state index contributed by atoms with van der Waals surface area (Å²) in [6.07, 6.45) is -3.01. The number of fused-ring (bicyclic) bond motifs is 1. The van der Waals surface area contributed by atoms with E-state index in [1.54, 1.807) is 12.1 Å². The second-order valence-corrected chi connectivity index (χ2v) is 7.07. The number of H-pyrrole nitrogens is 1. The van der Waals surface area contributed by atoms with Crippen molar-refractivity contribution in [1.82, 2.24) is 10.3 Å². The Hall–Kier alpha value is -2.27. The third kappa shape index (κ3) is 2.62. The number of benzene rings is 2. The molecule has 1 fully saturated rings. The van der Waals surface area contributed by atoms with E-state index in [1.165, 1.54) is 0 Å². The summed E-state index contributed by atoms with van der Waals surface area (Å²) in [6, 6.07) is 14.9. The van der Waals surface area contributed by atoms with Crippen molar-refractivity contribution in [3.63, 3.8) is 0 Å². The average molecular weight is 358 g/mol. The number of piperidine rings is 1. The molecule has 1 unspecified atom stereocenters. The van der Waals surface area contributed by atoms with Crippen molar-refractivity contribution >= 4 is 10.9 Å². The van der Waals surface area contributed by atoms with Crippen molar-refractivity contribution in [2.24, 2.45) is 0 Å². The van der Waals surface area contributed by atoms with E-state index in [9.17, 15) is 13.2 Å². The van der Waals surface area contributed by atoms with Crippen LogP contribution in [0.2, 0.25) is 0 Å². The van der Waals surface area contributed by atoms with Gasteiger partial charge in [-0.25, -0.2) is 0 Å². The summed E-state index contributed by atoms with van der Waals surface area (Å²) in [5, 5.41) is 3.48. The minimum Gasteiger partial charge on any atom is -0.354 e. The van der Waals surface area contributed by atoms with E-state index >= 15 is 0 Å². The summed E-state index contributed by atoms with van der Waals surface area (Å²) < 4.78 is 43.1. The second-order valence-electron chi connectivity index (χ2n) is 7.07. The van der Waals surface area contributed by atoms with Gasteiger partial charge in [-0.2, -0.15) is 13.2 Å². The van der Waals surface area contributed by atoms with Gasteiger partial charge in [0.25, 0.3) is 0 Å². The Balaban J connectivity index is 2.03. The average Bonchev–Trinajstić information content (AvgIpc) is 3.02. The van der Waals surface area contributed by atoms with Crippen LogP contribution in [0.1, 0.15) is 30.4 Å². The minimum absolute atomic E-state index is 0.0528. The Kier molecular flexibility index (Phi) is 4.07. The predicted molar refractivity (Wildman–Crippen MR) is 98.1 cm³/mol. The number of aryl methyl sites for hydroxylation is 1. The molecule has 4 rings (SSSR count). The lowest BCUT2D eigenvalue weighted by molar-refractivity contribution is -0.206. The Morgan fingerprint density at radius 3 is 2.35 bits per heavy atom. The molecule has 1 saturated heterocycles. The number of aromatic nitrogens is 1. The smallest absolute Gasteiger partial charge is 0.354 e. The number of alkyl halides is 3. The Labute approximate surface area is 150 Å². The van der Waals surface area contributed by atoms with Gasteiger partial charge < -0.3 is 4.98 Å². The minimum atomic E-state index is -4.38. The summed E-state index contributed by atoms with van der Waals surface area (Å²) in [4.78, 5) is 3.25. The van der Waals surface area contributed by atoms with Gasteiger partial charge in [0.1, 0.15) is 5.54 Å². The van der Waals surface area contributed by atoms with Crippen LogP contribution in [0.4, 0.5) is 13.2 Å². The lowest BCUT2D eigenvalue weighted by atomic mass is 9.79. The van der Waals surface area contributed by atoms with Crippen LogP contribution in [0.3, 0.4) is 0 Å². The first kappa shape index (κ1) is 17.2. The van der Waals surface area contributed by atoms with Crippen molar-refractivity contribution < 1.29 is 13.2 Å². The standard InChI is InChI=1S/C21H21F3N2/c1-14-8-10-15(11-9-14)19-18(16-6-2-3-7-17(16)26-19)20(21(22,23)24)12-4-5-13-25-20/h2-3,6-11,25-26H,4-5,12-13H2,1H3. The molecular weight excluding hydrogens is 337 g/mol. The van der Waals surface area contributed by atoms with Crippen LogP contribution in [0.25, 0.3) is 22.2 Å². The monoisotopic (exact) mass is 358 g/mol. The Morgan fingerprint density at radius 1 is 0.962 bits per heavy atom. The van der Waals surface area contributed by atoms with Crippen molar-refractivity contribution in [1.29, 1.82) is 0 Å². The summed E-state index contributed by atoms with van der Waals surface area (Å²) in [5.41, 5.74) is 1.44. The van der Waals surface area contributed by atoms with Crippen LogP contribution in [0.15, 0.2) is 48.5 Å². The fraction of sp³-hybridized carbons (Fsp3) is 0.333. The maximum atomic E-state index is 14.4. The van der Waals surface area contributed by atoms with Crippen LogP contribution in [-0.2, 0) is 5.54 Å². The summed E-state index contributed by atoms with van der Waals surface area (Å²) in [7, 11) is 0. The third-order valence-electron chi connectivity index (χ3n) is 5.36. The van der Waals surface area contributed by atoms with Gasteiger partial charge in [-0.1, -0.05) is 48.0 Å². The SMILES string of the molecule is Cc1ccc(-c2[nH]c3ccccc3c2C2(C(F)(F)F)CCCCN2)cc1. The van der Waals surface area contributed by atoms with Gasteiger partial charge in [0.15, 0.2) is 0 Å². The van der Waals surface area contributed by atoms with Gasteiger partial charge in [-0.3, -0.25) is 5.32 Å². The first-order valence-corrected chi connectivity index (χ1v) is 8.92. The molecule has 2 N–H and O–H groups in total. The molecular formula is C21H21F3N2. The first-order valence-electron chi connectivity index (χ1n) is 8.92. The largest absolute Gasteiger partial charge is 0.410 e. The zero-order chi connectivity index (χ0) is 18.4. The van der Waals surface area contributed by atoms with Gasteiger partial charge in [0.2, 0.25) is 0 Å². The van der Waals surface area contributed by atoms with E-state index in [0.29, 0.717) is 29.6 Å². The van der Waals surface area contributed by atoms with E-state index in [-0.39, 0.29) is 6.42 Å². The summed E-state index contributed by atoms with van der Waals surface area (Å²) in [6.45, 7) is 2.34. The molecule has 0 spiro atoms. The quantitative estimate of drug-likeness (QED) is 0.606. The van der Waals surface area contributed by atoms with Gasteiger partial charge in [-0.05, 0) is 44.4 Å². The van der Waals surface area contributed by atoms with Crippen molar-refractivity contribution in [3.05, 3.63) is 59.7 Å². The number of rotatable bonds is 2. The summed E-state index contributed by atoms with van der Waals surface area (Å²) in [5.74, 6) is 0. The van der Waals surface area contributed by atoms with Crippen molar-refractivity contribution in [2.45, 2.75) is 37.9 Å². The number of halogens is 3. The molecule has 2 heterocycles. The third-order valence-corrected chi connectivity index (χ3v) is 5.36. The highest BCUT2D eigenvalue weighted by atomic mass is 19.4. The predicted octanol–water partition coefficient (Wildman–Crippen LogP) is 5.67. The molecule has 0 saturated carbocycles. The molecule has 26 heavy (non-hydrogen) atoms. The van der Waals surface area contributed by atoms with Gasteiger partial charge in [0.05, 0.1) is 5.69 Å². The maximum Gasteiger partial charge on any atom is 0.410 e.